The molecule has 6 heteroatoms. The van der Waals surface area contributed by atoms with Crippen molar-refractivity contribution in [1.82, 2.24) is 20.2 Å². The zero-order valence-electron chi connectivity index (χ0n) is 15.2. The third-order valence-corrected chi connectivity index (χ3v) is 5.80. The number of benzene rings is 1. The average molecular weight is 347 g/mol. The van der Waals surface area contributed by atoms with Crippen molar-refractivity contribution in [3.63, 3.8) is 0 Å². The minimum atomic E-state index is -1.01. The highest BCUT2D eigenvalue weighted by Gasteiger charge is 2.28. The molecule has 1 heterocycles. The Labute approximate surface area is 146 Å². The van der Waals surface area contributed by atoms with Crippen LogP contribution in [0.3, 0.4) is 0 Å². The van der Waals surface area contributed by atoms with E-state index in [-0.39, 0.29) is 5.41 Å². The largest absolute Gasteiger partial charge is 0.259 e. The molecule has 1 fully saturated rings. The maximum atomic E-state index is 12.7. The van der Waals surface area contributed by atoms with Crippen LogP contribution in [0.1, 0.15) is 67.7 Å². The van der Waals surface area contributed by atoms with E-state index in [0.717, 1.165) is 18.7 Å². The first-order chi connectivity index (χ1) is 11.3. The molecule has 0 spiro atoms. The molecule has 0 amide bonds. The molecule has 2 aromatic rings. The SMILES string of the molecule is Cc1cc(C(C)(C)C)cc(C)c1CS(=O)Cc1nnnn1C1CC1. The summed E-state index contributed by atoms with van der Waals surface area (Å²) in [5.41, 5.74) is 5.07. The van der Waals surface area contributed by atoms with E-state index >= 15 is 0 Å². The summed E-state index contributed by atoms with van der Waals surface area (Å²) in [6.07, 6.45) is 2.24. The van der Waals surface area contributed by atoms with Gasteiger partial charge in [-0.05, 0) is 64.8 Å². The molecule has 1 unspecified atom stereocenters. The first-order valence-corrected chi connectivity index (χ1v) is 9.97. The lowest BCUT2D eigenvalue weighted by atomic mass is 9.84. The minimum Gasteiger partial charge on any atom is -0.259 e. The van der Waals surface area contributed by atoms with E-state index in [1.165, 1.54) is 22.3 Å². The number of hydrogen-bond donors (Lipinski definition) is 0. The predicted octanol–water partition coefficient (Wildman–Crippen LogP) is 3.37. The van der Waals surface area contributed by atoms with Crippen molar-refractivity contribution in [3.8, 4) is 0 Å². The number of tetrazole rings is 1. The molecule has 1 saturated carbocycles. The van der Waals surface area contributed by atoms with Gasteiger partial charge in [-0.25, -0.2) is 4.68 Å². The van der Waals surface area contributed by atoms with E-state index < -0.39 is 10.8 Å². The number of rotatable bonds is 5. The Morgan fingerprint density at radius 3 is 2.33 bits per heavy atom. The summed E-state index contributed by atoms with van der Waals surface area (Å²) >= 11 is 0. The van der Waals surface area contributed by atoms with Gasteiger partial charge in [-0.15, -0.1) is 5.10 Å². The predicted molar refractivity (Wildman–Crippen MR) is 96.3 cm³/mol. The van der Waals surface area contributed by atoms with Crippen molar-refractivity contribution in [2.24, 2.45) is 0 Å². The molecule has 130 valence electrons. The smallest absolute Gasteiger partial charge is 0.164 e. The molecule has 1 aliphatic carbocycles. The van der Waals surface area contributed by atoms with Crippen LogP contribution in [0.4, 0.5) is 0 Å². The second-order valence-corrected chi connectivity index (χ2v) is 9.29. The van der Waals surface area contributed by atoms with Crippen LogP contribution in [0.5, 0.6) is 0 Å². The monoisotopic (exact) mass is 346 g/mol. The summed E-state index contributed by atoms with van der Waals surface area (Å²) < 4.78 is 14.5. The van der Waals surface area contributed by atoms with Crippen LogP contribution in [0, 0.1) is 13.8 Å². The highest BCUT2D eigenvalue weighted by Crippen LogP contribution is 2.34. The van der Waals surface area contributed by atoms with Gasteiger partial charge in [-0.3, -0.25) is 4.21 Å². The van der Waals surface area contributed by atoms with Crippen LogP contribution in [0.15, 0.2) is 12.1 Å². The van der Waals surface area contributed by atoms with Crippen molar-refractivity contribution >= 4 is 10.8 Å². The Balaban J connectivity index is 1.75. The normalized spacial score (nSPS) is 16.4. The molecule has 0 aliphatic heterocycles. The highest BCUT2D eigenvalue weighted by molar-refractivity contribution is 7.83. The topological polar surface area (TPSA) is 60.7 Å². The van der Waals surface area contributed by atoms with Crippen molar-refractivity contribution in [2.45, 2.75) is 70.4 Å². The van der Waals surface area contributed by atoms with Crippen molar-refractivity contribution < 1.29 is 4.21 Å². The second-order valence-electron chi connectivity index (χ2n) is 7.84. The van der Waals surface area contributed by atoms with Gasteiger partial charge in [0, 0.05) is 16.6 Å². The Kier molecular flexibility index (Phi) is 4.60. The van der Waals surface area contributed by atoms with Gasteiger partial charge in [0.15, 0.2) is 5.82 Å². The Morgan fingerprint density at radius 1 is 1.17 bits per heavy atom. The van der Waals surface area contributed by atoms with Gasteiger partial charge in [0.05, 0.1) is 11.8 Å². The summed E-state index contributed by atoms with van der Waals surface area (Å²) in [6.45, 7) is 10.9. The zero-order valence-corrected chi connectivity index (χ0v) is 16.0. The first kappa shape index (κ1) is 17.3. The lowest BCUT2D eigenvalue weighted by Gasteiger charge is -2.22. The molecule has 0 N–H and O–H groups in total. The van der Waals surface area contributed by atoms with Crippen LogP contribution in [0.2, 0.25) is 0 Å². The van der Waals surface area contributed by atoms with Gasteiger partial charge in [0.1, 0.15) is 0 Å². The summed E-state index contributed by atoms with van der Waals surface area (Å²) in [4.78, 5) is 0. The van der Waals surface area contributed by atoms with Crippen molar-refractivity contribution in [1.29, 1.82) is 0 Å². The fourth-order valence-electron chi connectivity index (χ4n) is 2.92. The van der Waals surface area contributed by atoms with Crippen molar-refractivity contribution in [2.75, 3.05) is 0 Å². The molecule has 0 radical (unpaired) electrons. The molecule has 1 aromatic heterocycles. The molecule has 5 nitrogen and oxygen atoms in total. The van der Waals surface area contributed by atoms with Crippen LogP contribution < -0.4 is 0 Å². The van der Waals surface area contributed by atoms with Gasteiger partial charge < -0.3 is 0 Å². The minimum absolute atomic E-state index is 0.125. The average Bonchev–Trinajstić information content (AvgIpc) is 3.22. The number of aromatic nitrogens is 4. The Morgan fingerprint density at radius 2 is 1.79 bits per heavy atom. The highest BCUT2D eigenvalue weighted by atomic mass is 32.2. The van der Waals surface area contributed by atoms with E-state index in [0.29, 0.717) is 17.5 Å². The summed E-state index contributed by atoms with van der Waals surface area (Å²) in [6, 6.07) is 4.88. The van der Waals surface area contributed by atoms with Crippen LogP contribution in [-0.2, 0) is 27.7 Å². The Hall–Kier alpha value is -1.56. The molecule has 3 rings (SSSR count). The van der Waals surface area contributed by atoms with Gasteiger partial charge in [0.25, 0.3) is 0 Å². The van der Waals surface area contributed by atoms with Crippen molar-refractivity contribution in [3.05, 3.63) is 40.2 Å². The lowest BCUT2D eigenvalue weighted by Crippen LogP contribution is -2.13. The molecule has 24 heavy (non-hydrogen) atoms. The fourth-order valence-corrected chi connectivity index (χ4v) is 4.28. The fraction of sp³-hybridized carbons (Fsp3) is 0.611. The maximum absolute atomic E-state index is 12.7. The number of aryl methyl sites for hydroxylation is 2. The molecular formula is C18H26N4OS. The summed E-state index contributed by atoms with van der Waals surface area (Å²) in [7, 11) is -1.01. The van der Waals surface area contributed by atoms with E-state index in [2.05, 4.69) is 62.3 Å². The quantitative estimate of drug-likeness (QED) is 0.833. The van der Waals surface area contributed by atoms with E-state index in [1.54, 1.807) is 0 Å². The van der Waals surface area contributed by atoms with Crippen LogP contribution in [0.25, 0.3) is 0 Å². The van der Waals surface area contributed by atoms with Gasteiger partial charge in [-0.2, -0.15) is 0 Å². The third kappa shape index (κ3) is 3.74. The lowest BCUT2D eigenvalue weighted by molar-refractivity contribution is 0.588. The van der Waals surface area contributed by atoms with Crippen LogP contribution >= 0.6 is 0 Å². The summed E-state index contributed by atoms with van der Waals surface area (Å²) in [5, 5.41) is 11.8. The molecular weight excluding hydrogens is 320 g/mol. The Bertz CT molecular complexity index is 749. The molecule has 1 aliphatic rings. The van der Waals surface area contributed by atoms with Gasteiger partial charge in [-0.1, -0.05) is 32.9 Å². The van der Waals surface area contributed by atoms with Gasteiger partial charge >= 0.3 is 0 Å². The van der Waals surface area contributed by atoms with E-state index in [4.69, 9.17) is 0 Å². The second kappa shape index (κ2) is 6.39. The zero-order chi connectivity index (χ0) is 17.5. The third-order valence-electron chi connectivity index (χ3n) is 4.61. The number of hydrogen-bond acceptors (Lipinski definition) is 4. The van der Waals surface area contributed by atoms with E-state index in [9.17, 15) is 4.21 Å². The van der Waals surface area contributed by atoms with Crippen LogP contribution in [-0.4, -0.2) is 24.4 Å². The van der Waals surface area contributed by atoms with Gasteiger partial charge in [0.2, 0.25) is 0 Å². The number of nitrogens with zero attached hydrogens (tertiary/aromatic N) is 4. The first-order valence-electron chi connectivity index (χ1n) is 8.48. The molecule has 1 aromatic carbocycles. The standard InChI is InChI=1S/C18H26N4OS/c1-12-8-14(18(3,4)5)9-13(2)16(12)10-24(23)11-17-19-20-21-22(17)15-6-7-15/h8-9,15H,6-7,10-11H2,1-5H3. The molecule has 0 saturated heterocycles. The summed E-state index contributed by atoms with van der Waals surface area (Å²) in [5.74, 6) is 1.72. The maximum Gasteiger partial charge on any atom is 0.164 e. The molecule has 0 bridgehead atoms. The van der Waals surface area contributed by atoms with E-state index in [1.807, 2.05) is 4.68 Å². The molecule has 1 atom stereocenters.